The lowest BCUT2D eigenvalue weighted by Crippen LogP contribution is -2.33. The van der Waals surface area contributed by atoms with E-state index in [1.54, 1.807) is 23.1 Å². The molecule has 0 saturated heterocycles. The molecule has 2 heterocycles. The normalized spacial score (nSPS) is 13.0. The summed E-state index contributed by atoms with van der Waals surface area (Å²) in [7, 11) is 1.31. The molecular weight excluding hydrogens is 618 g/mol. The molecule has 0 fully saturated rings. The summed E-state index contributed by atoms with van der Waals surface area (Å²) in [6.07, 6.45) is 0.695. The monoisotopic (exact) mass is 647 g/mol. The summed E-state index contributed by atoms with van der Waals surface area (Å²) in [6.45, 7) is 2.39. The molecule has 2 N–H and O–H groups in total. The Hall–Kier alpha value is -4.12. The van der Waals surface area contributed by atoms with E-state index in [9.17, 15) is 19.2 Å². The molecule has 0 radical (unpaired) electrons. The van der Waals surface area contributed by atoms with E-state index in [2.05, 4.69) is 10.6 Å². The second-order valence-electron chi connectivity index (χ2n) is 10.2. The largest absolute Gasteiger partial charge is 0.465 e. The number of anilines is 2. The van der Waals surface area contributed by atoms with Crippen LogP contribution in [0.2, 0.25) is 5.02 Å². The molecule has 0 saturated carbocycles. The number of esters is 1. The van der Waals surface area contributed by atoms with E-state index in [1.165, 1.54) is 37.1 Å². The van der Waals surface area contributed by atoms with Crippen molar-refractivity contribution in [1.29, 1.82) is 0 Å². The SMILES string of the molecule is COC(=O)c1c(NC(=O)C(Sc2cccc(NC(=O)Cc3ccc(Cl)cc3)c2)c2ccccc2)sc2c1CCN(C(C)=O)C2. The molecule has 1 unspecified atom stereocenters. The van der Waals surface area contributed by atoms with Gasteiger partial charge < -0.3 is 20.3 Å². The van der Waals surface area contributed by atoms with Crippen LogP contribution in [0.4, 0.5) is 10.7 Å². The zero-order chi connectivity index (χ0) is 31.2. The average Bonchev–Trinajstić information content (AvgIpc) is 3.38. The third-order valence-corrected chi connectivity index (χ3v) is 9.75. The van der Waals surface area contributed by atoms with E-state index in [1.807, 2.05) is 60.7 Å². The van der Waals surface area contributed by atoms with Crippen LogP contribution in [0, 0.1) is 0 Å². The van der Waals surface area contributed by atoms with Crippen LogP contribution >= 0.6 is 34.7 Å². The summed E-state index contributed by atoms with van der Waals surface area (Å²) in [5.74, 6) is -1.06. The van der Waals surface area contributed by atoms with Crippen molar-refractivity contribution < 1.29 is 23.9 Å². The van der Waals surface area contributed by atoms with E-state index in [0.29, 0.717) is 40.8 Å². The number of rotatable bonds is 9. The van der Waals surface area contributed by atoms with Crippen LogP contribution in [0.25, 0.3) is 0 Å². The van der Waals surface area contributed by atoms with Gasteiger partial charge in [-0.1, -0.05) is 60.1 Å². The van der Waals surface area contributed by atoms with Crippen molar-refractivity contribution in [3.05, 3.63) is 111 Å². The fraction of sp³-hybridized carbons (Fsp3) is 0.212. The van der Waals surface area contributed by atoms with Crippen molar-refractivity contribution in [2.75, 3.05) is 24.3 Å². The van der Waals surface area contributed by atoms with Gasteiger partial charge in [-0.3, -0.25) is 14.4 Å². The molecule has 44 heavy (non-hydrogen) atoms. The topological polar surface area (TPSA) is 105 Å². The van der Waals surface area contributed by atoms with Gasteiger partial charge in [0.05, 0.1) is 25.6 Å². The fourth-order valence-corrected chi connectivity index (χ4v) is 7.40. The lowest BCUT2D eigenvalue weighted by atomic mass is 10.0. The number of hydrogen-bond donors (Lipinski definition) is 2. The Bertz CT molecular complexity index is 1690. The maximum absolute atomic E-state index is 13.9. The summed E-state index contributed by atoms with van der Waals surface area (Å²) in [4.78, 5) is 54.9. The molecule has 0 spiro atoms. The van der Waals surface area contributed by atoms with E-state index in [0.717, 1.165) is 26.5 Å². The van der Waals surface area contributed by atoms with Gasteiger partial charge >= 0.3 is 5.97 Å². The average molecular weight is 648 g/mol. The second kappa shape index (κ2) is 14.1. The molecule has 5 rings (SSSR count). The summed E-state index contributed by atoms with van der Waals surface area (Å²) in [5, 5.41) is 6.27. The van der Waals surface area contributed by atoms with Gasteiger partial charge in [0.1, 0.15) is 10.3 Å². The highest BCUT2D eigenvalue weighted by atomic mass is 35.5. The molecule has 0 bridgehead atoms. The zero-order valence-electron chi connectivity index (χ0n) is 24.1. The predicted octanol–water partition coefficient (Wildman–Crippen LogP) is 6.75. The molecule has 4 aromatic rings. The number of thioether (sulfide) groups is 1. The first-order valence-corrected chi connectivity index (χ1v) is 15.9. The Morgan fingerprint density at radius 1 is 1.00 bits per heavy atom. The number of carbonyl (C=O) groups is 4. The van der Waals surface area contributed by atoms with Gasteiger partial charge in [-0.25, -0.2) is 4.79 Å². The highest BCUT2D eigenvalue weighted by Crippen LogP contribution is 2.41. The van der Waals surface area contributed by atoms with E-state index in [-0.39, 0.29) is 24.1 Å². The fourth-order valence-electron chi connectivity index (χ4n) is 4.93. The van der Waals surface area contributed by atoms with Crippen LogP contribution in [0.1, 0.15) is 44.1 Å². The number of nitrogens with one attached hydrogen (secondary N) is 2. The van der Waals surface area contributed by atoms with Gasteiger partial charge in [-0.2, -0.15) is 0 Å². The van der Waals surface area contributed by atoms with Gasteiger partial charge in [0.25, 0.3) is 0 Å². The van der Waals surface area contributed by atoms with Gasteiger partial charge in [0, 0.05) is 34.0 Å². The number of benzene rings is 3. The van der Waals surface area contributed by atoms with Crippen LogP contribution in [0.15, 0.2) is 83.8 Å². The Morgan fingerprint density at radius 2 is 1.75 bits per heavy atom. The number of halogens is 1. The minimum absolute atomic E-state index is 0.0433. The number of fused-ring (bicyclic) bond motifs is 1. The van der Waals surface area contributed by atoms with Gasteiger partial charge in [0.15, 0.2) is 0 Å². The Balaban J connectivity index is 1.37. The maximum Gasteiger partial charge on any atom is 0.341 e. The molecule has 8 nitrogen and oxygen atoms in total. The molecule has 3 aromatic carbocycles. The van der Waals surface area contributed by atoms with Crippen molar-refractivity contribution in [3.63, 3.8) is 0 Å². The highest BCUT2D eigenvalue weighted by molar-refractivity contribution is 8.00. The Labute approximate surface area is 268 Å². The molecule has 226 valence electrons. The third-order valence-electron chi connectivity index (χ3n) is 7.12. The number of ether oxygens (including phenoxy) is 1. The van der Waals surface area contributed by atoms with Crippen molar-refractivity contribution >= 4 is 69.1 Å². The van der Waals surface area contributed by atoms with E-state index in [4.69, 9.17) is 16.3 Å². The number of amides is 3. The number of methoxy groups -OCH3 is 1. The van der Waals surface area contributed by atoms with Crippen LogP contribution in [0.5, 0.6) is 0 Å². The summed E-state index contributed by atoms with van der Waals surface area (Å²) < 4.78 is 5.08. The summed E-state index contributed by atoms with van der Waals surface area (Å²) in [6, 6.07) is 23.8. The van der Waals surface area contributed by atoms with E-state index < -0.39 is 11.2 Å². The van der Waals surface area contributed by atoms with E-state index >= 15 is 0 Å². The standard InChI is InChI=1S/C33H30ClN3O5S2/c1-20(38)37-16-15-26-27(19-37)44-32(29(26)33(41)42-2)36-31(40)30(22-7-4-3-5-8-22)43-25-10-6-9-24(18-25)35-28(39)17-21-11-13-23(34)14-12-21/h3-14,18,30H,15-17,19H2,1-2H3,(H,35,39)(H,36,40). The lowest BCUT2D eigenvalue weighted by molar-refractivity contribution is -0.129. The Kier molecular flexibility index (Phi) is 10.0. The van der Waals surface area contributed by atoms with Gasteiger partial charge in [-0.05, 0) is 53.4 Å². The first kappa shape index (κ1) is 31.3. The quantitative estimate of drug-likeness (QED) is 0.154. The van der Waals surface area contributed by atoms with Crippen molar-refractivity contribution in [3.8, 4) is 0 Å². The Morgan fingerprint density at radius 3 is 2.45 bits per heavy atom. The lowest BCUT2D eigenvalue weighted by Gasteiger charge is -2.25. The van der Waals surface area contributed by atoms with Gasteiger partial charge in [-0.15, -0.1) is 23.1 Å². The number of thiophene rings is 1. The van der Waals surface area contributed by atoms with Crippen LogP contribution < -0.4 is 10.6 Å². The van der Waals surface area contributed by atoms with Gasteiger partial charge in [0.2, 0.25) is 17.7 Å². The van der Waals surface area contributed by atoms with Crippen molar-refractivity contribution in [1.82, 2.24) is 4.90 Å². The molecule has 11 heteroatoms. The minimum atomic E-state index is -0.672. The highest BCUT2D eigenvalue weighted by Gasteiger charge is 2.32. The van der Waals surface area contributed by atoms with Crippen molar-refractivity contribution in [2.24, 2.45) is 0 Å². The molecule has 0 aliphatic carbocycles. The smallest absolute Gasteiger partial charge is 0.341 e. The molecule has 1 aliphatic rings. The molecule has 3 amide bonds. The molecule has 1 aliphatic heterocycles. The summed E-state index contributed by atoms with van der Waals surface area (Å²) in [5.41, 5.74) is 3.37. The first-order chi connectivity index (χ1) is 21.2. The van der Waals surface area contributed by atoms with Crippen LogP contribution in [0.3, 0.4) is 0 Å². The molecule has 1 aromatic heterocycles. The van der Waals surface area contributed by atoms with Crippen LogP contribution in [-0.4, -0.2) is 42.2 Å². The zero-order valence-corrected chi connectivity index (χ0v) is 26.5. The molecule has 1 atom stereocenters. The molecular formula is C33H30ClN3O5S2. The predicted molar refractivity (Wildman–Crippen MR) is 174 cm³/mol. The first-order valence-electron chi connectivity index (χ1n) is 13.9. The summed E-state index contributed by atoms with van der Waals surface area (Å²) >= 11 is 8.58. The number of nitrogens with zero attached hydrogens (tertiary/aromatic N) is 1. The minimum Gasteiger partial charge on any atom is -0.465 e. The third kappa shape index (κ3) is 7.50. The second-order valence-corrected chi connectivity index (χ2v) is 12.9. The maximum atomic E-state index is 13.9. The number of hydrogen-bond acceptors (Lipinski definition) is 7. The number of carbonyl (C=O) groups excluding carboxylic acids is 4. The van der Waals surface area contributed by atoms with Crippen LogP contribution in [-0.2, 0) is 38.5 Å². The van der Waals surface area contributed by atoms with Crippen molar-refractivity contribution in [2.45, 2.75) is 36.5 Å².